The number of nitrogens with zero attached hydrogens (tertiary/aromatic N) is 1. The van der Waals surface area contributed by atoms with Gasteiger partial charge in [-0.05, 0) is 6.92 Å². The molecule has 1 amide bonds. The molecule has 88 valence electrons. The van der Waals surface area contributed by atoms with Crippen molar-refractivity contribution < 1.29 is 9.53 Å². The van der Waals surface area contributed by atoms with Crippen LogP contribution in [-0.4, -0.2) is 36.2 Å². The number of thiazole rings is 1. The van der Waals surface area contributed by atoms with Crippen molar-refractivity contribution in [1.82, 2.24) is 15.6 Å². The van der Waals surface area contributed by atoms with Gasteiger partial charge in [-0.3, -0.25) is 4.79 Å². The summed E-state index contributed by atoms with van der Waals surface area (Å²) in [7, 11) is 0. The highest BCUT2D eigenvalue weighted by molar-refractivity contribution is 7.09. The predicted octanol–water partition coefficient (Wildman–Crippen LogP) is 0.138. The molecule has 6 heteroatoms. The van der Waals surface area contributed by atoms with Crippen LogP contribution in [0.25, 0.3) is 0 Å². The van der Waals surface area contributed by atoms with Crippen LogP contribution in [-0.2, 0) is 16.1 Å². The molecule has 1 aliphatic heterocycles. The van der Waals surface area contributed by atoms with Gasteiger partial charge in [-0.1, -0.05) is 0 Å². The maximum Gasteiger partial charge on any atom is 0.246 e. The Morgan fingerprint density at radius 2 is 2.56 bits per heavy atom. The lowest BCUT2D eigenvalue weighted by Crippen LogP contribution is -2.59. The second-order valence-electron chi connectivity index (χ2n) is 4.04. The van der Waals surface area contributed by atoms with E-state index in [9.17, 15) is 4.79 Å². The Labute approximate surface area is 98.2 Å². The predicted molar refractivity (Wildman–Crippen MR) is 61.2 cm³/mol. The van der Waals surface area contributed by atoms with Crippen LogP contribution in [0.15, 0.2) is 11.6 Å². The zero-order chi connectivity index (χ0) is 11.4. The van der Waals surface area contributed by atoms with Crippen LogP contribution in [0.4, 0.5) is 0 Å². The van der Waals surface area contributed by atoms with Gasteiger partial charge in [0.15, 0.2) is 0 Å². The van der Waals surface area contributed by atoms with Crippen molar-refractivity contribution in [3.8, 4) is 0 Å². The number of nitrogens with one attached hydrogen (secondary N) is 2. The van der Waals surface area contributed by atoms with Gasteiger partial charge in [0.05, 0.1) is 12.1 Å². The van der Waals surface area contributed by atoms with Crippen molar-refractivity contribution in [1.29, 1.82) is 0 Å². The van der Waals surface area contributed by atoms with Crippen LogP contribution in [0.3, 0.4) is 0 Å². The van der Waals surface area contributed by atoms with E-state index in [1.807, 2.05) is 12.3 Å². The first-order valence-electron chi connectivity index (χ1n) is 5.18. The van der Waals surface area contributed by atoms with E-state index in [1.54, 1.807) is 6.20 Å². The van der Waals surface area contributed by atoms with Gasteiger partial charge in [-0.15, -0.1) is 11.3 Å². The molecule has 2 N–H and O–H groups in total. The fourth-order valence-electron chi connectivity index (χ4n) is 1.38. The molecule has 0 bridgehead atoms. The van der Waals surface area contributed by atoms with Gasteiger partial charge in [-0.2, -0.15) is 0 Å². The van der Waals surface area contributed by atoms with Crippen LogP contribution in [0.2, 0.25) is 0 Å². The molecule has 0 atom stereocenters. The number of hydrogen-bond acceptors (Lipinski definition) is 5. The van der Waals surface area contributed by atoms with Crippen LogP contribution >= 0.6 is 11.3 Å². The average molecular weight is 241 g/mol. The van der Waals surface area contributed by atoms with Crippen LogP contribution in [0, 0.1) is 0 Å². The van der Waals surface area contributed by atoms with Crippen LogP contribution in [0.1, 0.15) is 11.9 Å². The van der Waals surface area contributed by atoms with Gasteiger partial charge < -0.3 is 15.4 Å². The van der Waals surface area contributed by atoms with Crippen molar-refractivity contribution in [2.75, 3.05) is 19.7 Å². The maximum absolute atomic E-state index is 11.4. The summed E-state index contributed by atoms with van der Waals surface area (Å²) >= 11 is 1.53. The molecule has 0 unspecified atom stereocenters. The molecule has 0 aliphatic carbocycles. The Kier molecular flexibility index (Phi) is 3.52. The lowest BCUT2D eigenvalue weighted by atomic mass is 10.0. The lowest BCUT2D eigenvalue weighted by molar-refractivity contribution is -0.136. The van der Waals surface area contributed by atoms with E-state index >= 15 is 0 Å². The standard InChI is InChI=1S/C10H15N3O2S/c1-10(6-11-7-10)15-5-8(14)13-4-9-12-2-3-16-9/h2-3,11H,4-7H2,1H3,(H,13,14). The van der Waals surface area contributed by atoms with Gasteiger partial charge in [-0.25, -0.2) is 4.98 Å². The Morgan fingerprint density at radius 3 is 3.12 bits per heavy atom. The molecule has 2 heterocycles. The summed E-state index contributed by atoms with van der Waals surface area (Å²) in [5.74, 6) is -0.0941. The molecule has 0 spiro atoms. The van der Waals surface area contributed by atoms with Crippen molar-refractivity contribution in [3.05, 3.63) is 16.6 Å². The Hall–Kier alpha value is -0.980. The summed E-state index contributed by atoms with van der Waals surface area (Å²) in [5, 5.41) is 8.68. The van der Waals surface area contributed by atoms with Gasteiger partial charge >= 0.3 is 0 Å². The minimum Gasteiger partial charge on any atom is -0.363 e. The summed E-state index contributed by atoms with van der Waals surface area (Å²) in [4.78, 5) is 15.5. The van der Waals surface area contributed by atoms with Crippen molar-refractivity contribution in [2.24, 2.45) is 0 Å². The van der Waals surface area contributed by atoms with E-state index in [0.717, 1.165) is 18.1 Å². The molecule has 0 saturated carbocycles. The van der Waals surface area contributed by atoms with Gasteiger partial charge in [0.2, 0.25) is 5.91 Å². The second kappa shape index (κ2) is 4.90. The first-order valence-corrected chi connectivity index (χ1v) is 6.06. The number of carbonyl (C=O) groups is 1. The average Bonchev–Trinajstić information content (AvgIpc) is 2.73. The second-order valence-corrected chi connectivity index (χ2v) is 5.02. The summed E-state index contributed by atoms with van der Waals surface area (Å²) in [6.45, 7) is 4.22. The highest BCUT2D eigenvalue weighted by atomic mass is 32.1. The zero-order valence-electron chi connectivity index (χ0n) is 9.16. The zero-order valence-corrected chi connectivity index (χ0v) is 9.97. The number of carbonyl (C=O) groups excluding carboxylic acids is 1. The topological polar surface area (TPSA) is 63.2 Å². The minimum atomic E-state index is -0.168. The molecule has 1 aromatic heterocycles. The third-order valence-electron chi connectivity index (χ3n) is 2.47. The van der Waals surface area contributed by atoms with E-state index in [1.165, 1.54) is 11.3 Å². The molecule has 1 saturated heterocycles. The van der Waals surface area contributed by atoms with Crippen LogP contribution < -0.4 is 10.6 Å². The highest BCUT2D eigenvalue weighted by Crippen LogP contribution is 2.14. The van der Waals surface area contributed by atoms with E-state index in [2.05, 4.69) is 15.6 Å². The van der Waals surface area contributed by atoms with E-state index in [0.29, 0.717) is 6.54 Å². The SMILES string of the molecule is CC1(OCC(=O)NCc2nccs2)CNC1. The Bertz CT molecular complexity index is 349. The summed E-state index contributed by atoms with van der Waals surface area (Å²) in [6, 6.07) is 0. The largest absolute Gasteiger partial charge is 0.363 e. The molecule has 5 nitrogen and oxygen atoms in total. The smallest absolute Gasteiger partial charge is 0.246 e. The summed E-state index contributed by atoms with van der Waals surface area (Å²) < 4.78 is 5.51. The highest BCUT2D eigenvalue weighted by Gasteiger charge is 2.32. The fraction of sp³-hybridized carbons (Fsp3) is 0.600. The minimum absolute atomic E-state index is 0.0941. The summed E-state index contributed by atoms with van der Waals surface area (Å²) in [6.07, 6.45) is 1.73. The molecular formula is C10H15N3O2S. The van der Waals surface area contributed by atoms with Crippen molar-refractivity contribution in [3.63, 3.8) is 0 Å². The van der Waals surface area contributed by atoms with Gasteiger partial charge in [0.1, 0.15) is 11.6 Å². The first-order chi connectivity index (χ1) is 7.68. The summed E-state index contributed by atoms with van der Waals surface area (Å²) in [5.41, 5.74) is -0.168. The number of hydrogen-bond donors (Lipinski definition) is 2. The van der Waals surface area contributed by atoms with E-state index in [-0.39, 0.29) is 18.1 Å². The third-order valence-corrected chi connectivity index (χ3v) is 3.25. The molecular weight excluding hydrogens is 226 g/mol. The molecule has 1 aliphatic rings. The van der Waals surface area contributed by atoms with Gasteiger partial charge in [0, 0.05) is 24.7 Å². The molecule has 2 rings (SSSR count). The molecule has 0 radical (unpaired) electrons. The Morgan fingerprint density at radius 1 is 1.75 bits per heavy atom. The van der Waals surface area contributed by atoms with Crippen LogP contribution in [0.5, 0.6) is 0 Å². The third kappa shape index (κ3) is 3.01. The monoisotopic (exact) mass is 241 g/mol. The number of rotatable bonds is 5. The number of ether oxygens (including phenoxy) is 1. The van der Waals surface area contributed by atoms with Crippen molar-refractivity contribution in [2.45, 2.75) is 19.1 Å². The number of aromatic nitrogens is 1. The molecule has 1 aromatic rings. The molecule has 16 heavy (non-hydrogen) atoms. The van der Waals surface area contributed by atoms with Crippen molar-refractivity contribution >= 4 is 17.2 Å². The maximum atomic E-state index is 11.4. The van der Waals surface area contributed by atoms with Gasteiger partial charge in [0.25, 0.3) is 0 Å². The molecule has 0 aromatic carbocycles. The quantitative estimate of drug-likeness (QED) is 0.769. The fourth-order valence-corrected chi connectivity index (χ4v) is 1.94. The Balaban J connectivity index is 1.65. The lowest BCUT2D eigenvalue weighted by Gasteiger charge is -2.38. The van der Waals surface area contributed by atoms with E-state index in [4.69, 9.17) is 4.74 Å². The first kappa shape index (κ1) is 11.5. The number of amides is 1. The van der Waals surface area contributed by atoms with E-state index < -0.39 is 0 Å². The molecule has 1 fully saturated rings. The normalized spacial score (nSPS) is 17.8.